The molecule has 21 heavy (non-hydrogen) atoms. The zero-order chi connectivity index (χ0) is 15.0. The molecule has 0 atom stereocenters. The number of anilines is 1. The van der Waals surface area contributed by atoms with Crippen LogP contribution >= 0.6 is 11.6 Å². The van der Waals surface area contributed by atoms with Gasteiger partial charge < -0.3 is 4.90 Å². The van der Waals surface area contributed by atoms with Crippen LogP contribution in [0.2, 0.25) is 5.02 Å². The SMILES string of the molecule is C#CCN(C)c1c(C#N)cnn1-c1nn2c(c1Cl)CCC2. The van der Waals surface area contributed by atoms with Crippen LogP contribution < -0.4 is 4.90 Å². The van der Waals surface area contributed by atoms with Crippen LogP contribution in [0.4, 0.5) is 5.82 Å². The van der Waals surface area contributed by atoms with Crippen LogP contribution in [-0.4, -0.2) is 33.2 Å². The molecule has 0 saturated heterocycles. The normalized spacial score (nSPS) is 12.8. The van der Waals surface area contributed by atoms with Crippen LogP contribution in [0.3, 0.4) is 0 Å². The van der Waals surface area contributed by atoms with E-state index in [4.69, 9.17) is 18.0 Å². The summed E-state index contributed by atoms with van der Waals surface area (Å²) in [6.45, 7) is 1.22. The van der Waals surface area contributed by atoms with Gasteiger partial charge in [0, 0.05) is 13.6 Å². The van der Waals surface area contributed by atoms with Gasteiger partial charge in [0.2, 0.25) is 0 Å². The van der Waals surface area contributed by atoms with Crippen molar-refractivity contribution < 1.29 is 0 Å². The van der Waals surface area contributed by atoms with Gasteiger partial charge in [-0.15, -0.1) is 6.42 Å². The summed E-state index contributed by atoms with van der Waals surface area (Å²) in [5.41, 5.74) is 1.46. The van der Waals surface area contributed by atoms with E-state index in [1.54, 1.807) is 9.58 Å². The molecular formula is C14H13ClN6. The number of hydrogen-bond donors (Lipinski definition) is 0. The molecule has 2 aromatic rings. The molecule has 3 rings (SSSR count). The molecule has 0 fully saturated rings. The fourth-order valence-electron chi connectivity index (χ4n) is 2.57. The molecule has 106 valence electrons. The van der Waals surface area contributed by atoms with Gasteiger partial charge in [-0.3, -0.25) is 4.68 Å². The molecule has 0 aliphatic carbocycles. The Labute approximate surface area is 127 Å². The summed E-state index contributed by atoms with van der Waals surface area (Å²) in [6.07, 6.45) is 8.82. The molecule has 6 nitrogen and oxygen atoms in total. The summed E-state index contributed by atoms with van der Waals surface area (Å²) in [6, 6.07) is 2.12. The van der Waals surface area contributed by atoms with E-state index >= 15 is 0 Å². The minimum Gasteiger partial charge on any atom is -0.347 e. The van der Waals surface area contributed by atoms with Crippen LogP contribution in [0.15, 0.2) is 6.20 Å². The van der Waals surface area contributed by atoms with Crippen LogP contribution in [0.1, 0.15) is 17.7 Å². The smallest absolute Gasteiger partial charge is 0.196 e. The highest BCUT2D eigenvalue weighted by Crippen LogP contribution is 2.32. The van der Waals surface area contributed by atoms with Gasteiger partial charge in [0.1, 0.15) is 16.7 Å². The van der Waals surface area contributed by atoms with Gasteiger partial charge in [-0.2, -0.15) is 20.1 Å². The van der Waals surface area contributed by atoms with Crippen molar-refractivity contribution in [3.05, 3.63) is 22.5 Å². The Kier molecular flexibility index (Phi) is 3.32. The van der Waals surface area contributed by atoms with Crippen LogP contribution in [0, 0.1) is 23.7 Å². The third-order valence-corrected chi connectivity index (χ3v) is 3.90. The summed E-state index contributed by atoms with van der Waals surface area (Å²) >= 11 is 6.42. The fraction of sp³-hybridized carbons (Fsp3) is 0.357. The molecule has 0 amide bonds. The predicted octanol–water partition coefficient (Wildman–Crippen LogP) is 1.61. The lowest BCUT2D eigenvalue weighted by atomic mass is 10.3. The van der Waals surface area contributed by atoms with Crippen molar-refractivity contribution in [2.45, 2.75) is 19.4 Å². The molecule has 0 spiro atoms. The highest BCUT2D eigenvalue weighted by molar-refractivity contribution is 6.33. The first-order chi connectivity index (χ1) is 10.2. The molecule has 0 N–H and O–H groups in total. The van der Waals surface area contributed by atoms with Gasteiger partial charge >= 0.3 is 0 Å². The second kappa shape index (κ2) is 5.16. The van der Waals surface area contributed by atoms with E-state index in [1.807, 2.05) is 11.7 Å². The summed E-state index contributed by atoms with van der Waals surface area (Å²) in [5, 5.41) is 18.6. The predicted molar refractivity (Wildman–Crippen MR) is 79.5 cm³/mol. The molecular weight excluding hydrogens is 288 g/mol. The van der Waals surface area contributed by atoms with Gasteiger partial charge in [0.25, 0.3) is 0 Å². The van der Waals surface area contributed by atoms with E-state index in [9.17, 15) is 5.26 Å². The number of nitriles is 1. The zero-order valence-electron chi connectivity index (χ0n) is 11.5. The van der Waals surface area contributed by atoms with Gasteiger partial charge in [-0.05, 0) is 12.8 Å². The molecule has 1 aliphatic rings. The summed E-state index contributed by atoms with van der Waals surface area (Å²) in [4.78, 5) is 1.78. The molecule has 0 bridgehead atoms. The van der Waals surface area contributed by atoms with Crippen molar-refractivity contribution in [1.82, 2.24) is 19.6 Å². The molecule has 0 radical (unpaired) electrons. The number of nitrogens with zero attached hydrogens (tertiary/aromatic N) is 6. The number of aryl methyl sites for hydroxylation is 1. The van der Waals surface area contributed by atoms with Crippen LogP contribution in [-0.2, 0) is 13.0 Å². The largest absolute Gasteiger partial charge is 0.347 e. The Bertz CT molecular complexity index is 773. The third-order valence-electron chi connectivity index (χ3n) is 3.52. The maximum Gasteiger partial charge on any atom is 0.196 e. The topological polar surface area (TPSA) is 62.7 Å². The van der Waals surface area contributed by atoms with Crippen molar-refractivity contribution in [2.24, 2.45) is 0 Å². The molecule has 1 aliphatic heterocycles. The van der Waals surface area contributed by atoms with Crippen LogP contribution in [0.5, 0.6) is 0 Å². The third kappa shape index (κ3) is 2.05. The zero-order valence-corrected chi connectivity index (χ0v) is 12.3. The molecule has 0 unspecified atom stereocenters. The number of rotatable bonds is 3. The van der Waals surface area contributed by atoms with Gasteiger partial charge in [-0.25, -0.2) is 0 Å². The highest BCUT2D eigenvalue weighted by Gasteiger charge is 2.25. The van der Waals surface area contributed by atoms with Gasteiger partial charge in [0.05, 0.1) is 18.4 Å². The fourth-order valence-corrected chi connectivity index (χ4v) is 2.88. The van der Waals surface area contributed by atoms with Crippen molar-refractivity contribution in [1.29, 1.82) is 5.26 Å². The average molecular weight is 301 g/mol. The van der Waals surface area contributed by atoms with Crippen LogP contribution in [0.25, 0.3) is 5.82 Å². The van der Waals surface area contributed by atoms with E-state index < -0.39 is 0 Å². The van der Waals surface area contributed by atoms with E-state index in [-0.39, 0.29) is 0 Å². The van der Waals surface area contributed by atoms with Crippen molar-refractivity contribution in [2.75, 3.05) is 18.5 Å². The minimum absolute atomic E-state index is 0.367. The first-order valence-corrected chi connectivity index (χ1v) is 6.93. The van der Waals surface area contributed by atoms with Crippen molar-refractivity contribution in [3.8, 4) is 24.2 Å². The Morgan fingerprint density at radius 1 is 1.57 bits per heavy atom. The summed E-state index contributed by atoms with van der Waals surface area (Å²) < 4.78 is 3.49. The molecule has 3 heterocycles. The Morgan fingerprint density at radius 2 is 2.38 bits per heavy atom. The number of hydrogen-bond acceptors (Lipinski definition) is 4. The standard InChI is InChI=1S/C14H13ClN6/c1-3-6-19(2)14-10(8-16)9-17-21(14)13-12(15)11-5-4-7-20(11)18-13/h1,9H,4-7H2,2H3. The minimum atomic E-state index is 0.367. The maximum absolute atomic E-state index is 9.24. The number of fused-ring (bicyclic) bond motifs is 1. The van der Waals surface area contributed by atoms with Gasteiger partial charge in [-0.1, -0.05) is 17.5 Å². The average Bonchev–Trinajstić information content (AvgIpc) is 3.14. The van der Waals surface area contributed by atoms with E-state index in [1.165, 1.54) is 6.20 Å². The molecule has 0 aromatic carbocycles. The summed E-state index contributed by atoms with van der Waals surface area (Å²) in [7, 11) is 1.81. The molecule has 0 saturated carbocycles. The van der Waals surface area contributed by atoms with E-state index in [2.05, 4.69) is 22.2 Å². The highest BCUT2D eigenvalue weighted by atomic mass is 35.5. The lowest BCUT2D eigenvalue weighted by molar-refractivity contribution is 0.642. The quantitative estimate of drug-likeness (QED) is 0.808. The number of halogens is 1. The lowest BCUT2D eigenvalue weighted by Gasteiger charge is -2.17. The Hall–Kier alpha value is -2.44. The Balaban J connectivity index is 2.14. The molecule has 2 aromatic heterocycles. The second-order valence-corrected chi connectivity index (χ2v) is 5.25. The monoisotopic (exact) mass is 300 g/mol. The molecule has 7 heteroatoms. The van der Waals surface area contributed by atoms with Gasteiger partial charge in [0.15, 0.2) is 11.6 Å². The first-order valence-electron chi connectivity index (χ1n) is 6.55. The van der Waals surface area contributed by atoms with Crippen molar-refractivity contribution >= 4 is 17.4 Å². The number of terminal acetylenes is 1. The maximum atomic E-state index is 9.24. The second-order valence-electron chi connectivity index (χ2n) is 4.88. The van der Waals surface area contributed by atoms with Crippen molar-refractivity contribution in [3.63, 3.8) is 0 Å². The Morgan fingerprint density at radius 3 is 3.05 bits per heavy atom. The number of aromatic nitrogens is 4. The van der Waals surface area contributed by atoms with E-state index in [0.717, 1.165) is 25.1 Å². The van der Waals surface area contributed by atoms with E-state index in [0.29, 0.717) is 28.8 Å². The summed E-state index contributed by atoms with van der Waals surface area (Å²) in [5.74, 6) is 3.71. The first kappa shape index (κ1) is 13.5. The lowest BCUT2D eigenvalue weighted by Crippen LogP contribution is -2.21.